The van der Waals surface area contributed by atoms with Gasteiger partial charge in [0, 0.05) is 5.56 Å². The van der Waals surface area contributed by atoms with Gasteiger partial charge in [0.05, 0.1) is 15.0 Å². The molecule has 0 saturated heterocycles. The van der Waals surface area contributed by atoms with Gasteiger partial charge in [0.15, 0.2) is 0 Å². The van der Waals surface area contributed by atoms with Gasteiger partial charge in [0.1, 0.15) is 5.82 Å². The molecule has 1 fully saturated rings. The third-order valence-electron chi connectivity index (χ3n) is 3.46. The van der Waals surface area contributed by atoms with E-state index in [1.807, 2.05) is 0 Å². The van der Waals surface area contributed by atoms with E-state index < -0.39 is 11.4 Å². The van der Waals surface area contributed by atoms with Crippen LogP contribution in [0.3, 0.4) is 0 Å². The highest BCUT2D eigenvalue weighted by Crippen LogP contribution is 2.30. The summed E-state index contributed by atoms with van der Waals surface area (Å²) in [6, 6.07) is 4.14. The third kappa shape index (κ3) is 2.95. The first-order chi connectivity index (χ1) is 8.94. The quantitative estimate of drug-likeness (QED) is 0.829. The van der Waals surface area contributed by atoms with Crippen LogP contribution in [0.5, 0.6) is 0 Å². The van der Waals surface area contributed by atoms with Gasteiger partial charge < -0.3 is 11.1 Å². The number of hydrogen-bond acceptors (Lipinski definition) is 2. The molecule has 3 N–H and O–H groups in total. The number of nitrogens with one attached hydrogen (secondary N) is 1. The average Bonchev–Trinajstić information content (AvgIpc) is 2.82. The molecule has 3 nitrogen and oxygen atoms in total. The minimum absolute atomic E-state index is 0.260. The van der Waals surface area contributed by atoms with Crippen LogP contribution in [0.4, 0.5) is 4.39 Å². The molecule has 6 heteroatoms. The summed E-state index contributed by atoms with van der Waals surface area (Å²) in [6.07, 6.45) is 3.50. The molecule has 19 heavy (non-hydrogen) atoms. The van der Waals surface area contributed by atoms with Crippen molar-refractivity contribution >= 4 is 39.0 Å². The molecule has 1 saturated carbocycles. The molecule has 1 aromatic rings. The summed E-state index contributed by atoms with van der Waals surface area (Å²) in [5.41, 5.74) is 5.56. The van der Waals surface area contributed by atoms with Gasteiger partial charge in [-0.2, -0.15) is 0 Å². The number of carbonyl (C=O) groups is 1. The molecule has 0 radical (unpaired) electrons. The molecule has 1 aliphatic rings. The summed E-state index contributed by atoms with van der Waals surface area (Å²) in [6.45, 7) is 0. The Labute approximate surface area is 124 Å². The lowest BCUT2D eigenvalue weighted by molar-refractivity contribution is 0.0924. The Kier molecular flexibility index (Phi) is 4.20. The van der Waals surface area contributed by atoms with Crippen molar-refractivity contribution in [3.8, 4) is 0 Å². The molecule has 1 aromatic carbocycles. The maximum Gasteiger partial charge on any atom is 0.252 e. The van der Waals surface area contributed by atoms with E-state index in [1.54, 1.807) is 0 Å². The van der Waals surface area contributed by atoms with Crippen molar-refractivity contribution in [2.24, 2.45) is 5.73 Å². The molecule has 0 spiro atoms. The van der Waals surface area contributed by atoms with E-state index >= 15 is 0 Å². The fraction of sp³-hybridized carbons (Fsp3) is 0.385. The van der Waals surface area contributed by atoms with Crippen LogP contribution in [0.15, 0.2) is 22.7 Å². The van der Waals surface area contributed by atoms with E-state index in [0.717, 1.165) is 25.7 Å². The van der Waals surface area contributed by atoms with E-state index in [4.69, 9.17) is 18.0 Å². The first kappa shape index (κ1) is 14.4. The molecule has 0 aliphatic heterocycles. The predicted molar refractivity (Wildman–Crippen MR) is 79.6 cm³/mol. The first-order valence-corrected chi connectivity index (χ1v) is 7.22. The van der Waals surface area contributed by atoms with Crippen molar-refractivity contribution in [1.29, 1.82) is 0 Å². The zero-order chi connectivity index (χ0) is 14.0. The smallest absolute Gasteiger partial charge is 0.252 e. The highest BCUT2D eigenvalue weighted by Gasteiger charge is 2.38. The topological polar surface area (TPSA) is 55.1 Å². The Hall–Kier alpha value is -1.01. The van der Waals surface area contributed by atoms with Crippen LogP contribution >= 0.6 is 28.1 Å². The molecule has 1 aliphatic carbocycles. The average molecular weight is 345 g/mol. The number of rotatable bonds is 3. The lowest BCUT2D eigenvalue weighted by Crippen LogP contribution is -2.54. The maximum atomic E-state index is 13.2. The van der Waals surface area contributed by atoms with Crippen LogP contribution in [0.2, 0.25) is 0 Å². The maximum absolute atomic E-state index is 13.2. The SMILES string of the molecule is NC(=S)C1(NC(=O)c2ccc(F)c(Br)c2)CCCC1. The number of halogens is 2. The molecule has 2 rings (SSSR count). The Bertz CT molecular complexity index is 529. The standard InChI is InChI=1S/C13H14BrFN2OS/c14-9-7-8(3-4-10(9)15)11(18)17-13(12(16)19)5-1-2-6-13/h3-4,7H,1-2,5-6H2,(H2,16,19)(H,17,18). The van der Waals surface area contributed by atoms with Gasteiger partial charge in [0.25, 0.3) is 5.91 Å². The molecule has 0 heterocycles. The fourth-order valence-corrected chi connectivity index (χ4v) is 2.97. The highest BCUT2D eigenvalue weighted by atomic mass is 79.9. The molecule has 0 atom stereocenters. The second-order valence-electron chi connectivity index (χ2n) is 4.74. The summed E-state index contributed by atoms with van der Waals surface area (Å²) in [4.78, 5) is 12.5. The Morgan fingerprint density at radius 1 is 1.42 bits per heavy atom. The molecule has 0 unspecified atom stereocenters. The van der Waals surface area contributed by atoms with Crippen LogP contribution < -0.4 is 11.1 Å². The summed E-state index contributed by atoms with van der Waals surface area (Å²) in [5.74, 6) is -0.683. The summed E-state index contributed by atoms with van der Waals surface area (Å²) >= 11 is 8.14. The minimum atomic E-state index is -0.590. The number of thiocarbonyl (C=S) groups is 1. The van der Waals surface area contributed by atoms with E-state index in [1.165, 1.54) is 18.2 Å². The second kappa shape index (κ2) is 5.54. The van der Waals surface area contributed by atoms with Gasteiger partial charge in [-0.1, -0.05) is 25.1 Å². The van der Waals surface area contributed by atoms with E-state index in [2.05, 4.69) is 21.2 Å². The monoisotopic (exact) mass is 344 g/mol. The van der Waals surface area contributed by atoms with Crippen LogP contribution in [0.1, 0.15) is 36.0 Å². The number of amides is 1. The van der Waals surface area contributed by atoms with Crippen LogP contribution in [0, 0.1) is 5.82 Å². The highest BCUT2D eigenvalue weighted by molar-refractivity contribution is 9.10. The van der Waals surface area contributed by atoms with Crippen LogP contribution in [-0.2, 0) is 0 Å². The second-order valence-corrected chi connectivity index (χ2v) is 6.03. The van der Waals surface area contributed by atoms with Gasteiger partial charge in [-0.25, -0.2) is 4.39 Å². The van der Waals surface area contributed by atoms with Gasteiger partial charge in [-0.15, -0.1) is 0 Å². The Balaban J connectivity index is 2.20. The third-order valence-corrected chi connectivity index (χ3v) is 4.46. The van der Waals surface area contributed by atoms with Crippen molar-refractivity contribution in [2.45, 2.75) is 31.2 Å². The van der Waals surface area contributed by atoms with Gasteiger partial charge in [0.2, 0.25) is 0 Å². The van der Waals surface area contributed by atoms with Gasteiger partial charge in [-0.05, 0) is 47.0 Å². The lowest BCUT2D eigenvalue weighted by atomic mass is 9.97. The molecule has 0 aromatic heterocycles. The van der Waals surface area contributed by atoms with Crippen molar-refractivity contribution in [1.82, 2.24) is 5.32 Å². The van der Waals surface area contributed by atoms with Crippen molar-refractivity contribution in [2.75, 3.05) is 0 Å². The van der Waals surface area contributed by atoms with Crippen LogP contribution in [-0.4, -0.2) is 16.4 Å². The van der Waals surface area contributed by atoms with Gasteiger partial charge >= 0.3 is 0 Å². The van der Waals surface area contributed by atoms with E-state index in [0.29, 0.717) is 10.6 Å². The zero-order valence-electron chi connectivity index (χ0n) is 10.2. The summed E-state index contributed by atoms with van der Waals surface area (Å²) in [7, 11) is 0. The Morgan fingerprint density at radius 3 is 2.58 bits per heavy atom. The number of benzene rings is 1. The molecule has 0 bridgehead atoms. The number of hydrogen-bond donors (Lipinski definition) is 2. The van der Waals surface area contributed by atoms with Crippen LogP contribution in [0.25, 0.3) is 0 Å². The van der Waals surface area contributed by atoms with Gasteiger partial charge in [-0.3, -0.25) is 4.79 Å². The fourth-order valence-electron chi connectivity index (χ4n) is 2.34. The summed E-state index contributed by atoms with van der Waals surface area (Å²) in [5, 5.41) is 2.91. The molecular formula is C13H14BrFN2OS. The summed E-state index contributed by atoms with van der Waals surface area (Å²) < 4.78 is 13.4. The van der Waals surface area contributed by atoms with Crippen molar-refractivity contribution in [3.63, 3.8) is 0 Å². The number of carbonyl (C=O) groups excluding carboxylic acids is 1. The Morgan fingerprint density at radius 2 is 2.05 bits per heavy atom. The molecular weight excluding hydrogens is 331 g/mol. The van der Waals surface area contributed by atoms with E-state index in [9.17, 15) is 9.18 Å². The largest absolute Gasteiger partial charge is 0.391 e. The molecule has 102 valence electrons. The normalized spacial score (nSPS) is 17.2. The number of nitrogens with two attached hydrogens (primary N) is 1. The lowest BCUT2D eigenvalue weighted by Gasteiger charge is -2.29. The van der Waals surface area contributed by atoms with E-state index in [-0.39, 0.29) is 10.4 Å². The zero-order valence-corrected chi connectivity index (χ0v) is 12.6. The molecule has 1 amide bonds. The minimum Gasteiger partial charge on any atom is -0.391 e. The van der Waals surface area contributed by atoms with Crippen molar-refractivity contribution in [3.05, 3.63) is 34.1 Å². The first-order valence-electron chi connectivity index (χ1n) is 6.02. The predicted octanol–water partition coefficient (Wildman–Crippen LogP) is 2.92. The van der Waals surface area contributed by atoms with Crippen molar-refractivity contribution < 1.29 is 9.18 Å².